The molecule has 1 heterocycles. The van der Waals surface area contributed by atoms with Gasteiger partial charge in [0.15, 0.2) is 0 Å². The zero-order valence-corrected chi connectivity index (χ0v) is 19.6. The molecule has 2 unspecified atom stereocenters. The Morgan fingerprint density at radius 1 is 1.00 bits per heavy atom. The van der Waals surface area contributed by atoms with Gasteiger partial charge in [0.05, 0.1) is 19.1 Å². The molecule has 0 saturated carbocycles. The first-order valence-corrected chi connectivity index (χ1v) is 11.7. The van der Waals surface area contributed by atoms with Crippen LogP contribution in [0.5, 0.6) is 5.75 Å². The van der Waals surface area contributed by atoms with Crippen LogP contribution in [0, 0.1) is 11.8 Å². The van der Waals surface area contributed by atoms with Crippen LogP contribution in [0.25, 0.3) is 10.8 Å². The van der Waals surface area contributed by atoms with E-state index in [0.717, 1.165) is 34.9 Å². The Balaban J connectivity index is 1.47. The van der Waals surface area contributed by atoms with E-state index >= 15 is 0 Å². The van der Waals surface area contributed by atoms with Gasteiger partial charge < -0.3 is 15.0 Å². The van der Waals surface area contributed by atoms with Crippen LogP contribution < -0.4 is 10.1 Å². The molecular weight excluding hydrogens is 412 g/mol. The number of ether oxygens (including phenoxy) is 1. The molecular formula is C28H32N2O3. The van der Waals surface area contributed by atoms with Crippen molar-refractivity contribution in [2.24, 2.45) is 11.8 Å². The fourth-order valence-electron chi connectivity index (χ4n) is 4.68. The topological polar surface area (TPSA) is 58.6 Å². The van der Waals surface area contributed by atoms with E-state index in [0.29, 0.717) is 18.7 Å². The highest BCUT2D eigenvalue weighted by Gasteiger charge is 2.31. The lowest BCUT2D eigenvalue weighted by Crippen LogP contribution is -2.46. The van der Waals surface area contributed by atoms with Crippen molar-refractivity contribution in [2.45, 2.75) is 32.7 Å². The minimum Gasteiger partial charge on any atom is -0.497 e. The van der Waals surface area contributed by atoms with Crippen LogP contribution in [0.3, 0.4) is 0 Å². The Bertz CT molecular complexity index is 1120. The Morgan fingerprint density at radius 3 is 2.45 bits per heavy atom. The molecule has 0 aromatic heterocycles. The molecule has 1 N–H and O–H groups in total. The van der Waals surface area contributed by atoms with Gasteiger partial charge >= 0.3 is 0 Å². The van der Waals surface area contributed by atoms with Crippen LogP contribution in [0.2, 0.25) is 0 Å². The molecule has 0 aliphatic carbocycles. The van der Waals surface area contributed by atoms with Crippen molar-refractivity contribution in [3.63, 3.8) is 0 Å². The summed E-state index contributed by atoms with van der Waals surface area (Å²) in [6.07, 6.45) is 1.61. The van der Waals surface area contributed by atoms with Gasteiger partial charge in [-0.05, 0) is 53.3 Å². The number of carbonyl (C=O) groups is 2. The van der Waals surface area contributed by atoms with Crippen molar-refractivity contribution < 1.29 is 14.3 Å². The van der Waals surface area contributed by atoms with E-state index in [-0.39, 0.29) is 29.7 Å². The summed E-state index contributed by atoms with van der Waals surface area (Å²) in [6, 6.07) is 21.5. The van der Waals surface area contributed by atoms with Crippen molar-refractivity contribution in [1.82, 2.24) is 10.2 Å². The van der Waals surface area contributed by atoms with Crippen LogP contribution >= 0.6 is 0 Å². The average Bonchev–Trinajstić information content (AvgIpc) is 2.86. The minimum atomic E-state index is -0.211. The van der Waals surface area contributed by atoms with E-state index in [2.05, 4.69) is 19.2 Å². The summed E-state index contributed by atoms with van der Waals surface area (Å²) in [5, 5.41) is 5.26. The molecule has 5 heteroatoms. The van der Waals surface area contributed by atoms with Gasteiger partial charge in [0.25, 0.3) is 5.91 Å². The van der Waals surface area contributed by atoms with Gasteiger partial charge in [-0.15, -0.1) is 0 Å². The van der Waals surface area contributed by atoms with Crippen LogP contribution in [-0.2, 0) is 4.79 Å². The van der Waals surface area contributed by atoms with Gasteiger partial charge in [0.2, 0.25) is 5.91 Å². The highest BCUT2D eigenvalue weighted by atomic mass is 16.5. The van der Waals surface area contributed by atoms with Crippen LogP contribution in [0.4, 0.5) is 0 Å². The monoisotopic (exact) mass is 444 g/mol. The van der Waals surface area contributed by atoms with Gasteiger partial charge in [-0.1, -0.05) is 62.4 Å². The number of rotatable bonds is 6. The molecule has 2 amide bonds. The van der Waals surface area contributed by atoms with Gasteiger partial charge in [0.1, 0.15) is 5.75 Å². The lowest BCUT2D eigenvalue weighted by Gasteiger charge is -2.34. The fraction of sp³-hybridized carbons (Fsp3) is 0.357. The number of hydrogen-bond donors (Lipinski definition) is 1. The lowest BCUT2D eigenvalue weighted by atomic mass is 9.92. The average molecular weight is 445 g/mol. The smallest absolute Gasteiger partial charge is 0.254 e. The largest absolute Gasteiger partial charge is 0.497 e. The summed E-state index contributed by atoms with van der Waals surface area (Å²) in [6.45, 7) is 5.33. The number of fused-ring (bicyclic) bond motifs is 1. The van der Waals surface area contributed by atoms with E-state index in [9.17, 15) is 9.59 Å². The summed E-state index contributed by atoms with van der Waals surface area (Å²) in [5.74, 6) is 0.832. The highest BCUT2D eigenvalue weighted by molar-refractivity contribution is 6.07. The third-order valence-corrected chi connectivity index (χ3v) is 6.54. The molecule has 4 rings (SSSR count). The molecule has 1 fully saturated rings. The molecule has 1 saturated heterocycles. The lowest BCUT2D eigenvalue weighted by molar-refractivity contribution is -0.127. The second-order valence-electron chi connectivity index (χ2n) is 9.12. The Kier molecular flexibility index (Phi) is 6.97. The molecule has 1 aliphatic rings. The predicted molar refractivity (Wildman–Crippen MR) is 131 cm³/mol. The molecule has 3 aromatic carbocycles. The number of piperidine rings is 1. The molecule has 3 aromatic rings. The van der Waals surface area contributed by atoms with Crippen molar-refractivity contribution in [3.05, 3.63) is 77.9 Å². The molecule has 2 atom stereocenters. The maximum absolute atomic E-state index is 13.4. The molecule has 172 valence electrons. The van der Waals surface area contributed by atoms with Gasteiger partial charge in [0, 0.05) is 18.7 Å². The van der Waals surface area contributed by atoms with E-state index in [1.54, 1.807) is 7.11 Å². The van der Waals surface area contributed by atoms with Crippen LogP contribution in [0.1, 0.15) is 48.7 Å². The van der Waals surface area contributed by atoms with Crippen molar-refractivity contribution in [3.8, 4) is 5.75 Å². The van der Waals surface area contributed by atoms with E-state index in [1.807, 2.05) is 71.6 Å². The summed E-state index contributed by atoms with van der Waals surface area (Å²) in [7, 11) is 1.64. The highest BCUT2D eigenvalue weighted by Crippen LogP contribution is 2.27. The normalized spacial score (nSPS) is 17.1. The number of likely N-dealkylation sites (tertiary alicyclic amines) is 1. The molecule has 0 radical (unpaired) electrons. The Labute approximate surface area is 195 Å². The SMILES string of the molecule is COc1ccc(C(NC(=O)C2CCCN(C(=O)c3cccc4ccccc34)C2)C(C)C)cc1. The molecule has 1 aliphatic heterocycles. The van der Waals surface area contributed by atoms with E-state index in [1.165, 1.54) is 0 Å². The van der Waals surface area contributed by atoms with Gasteiger partial charge in [-0.2, -0.15) is 0 Å². The van der Waals surface area contributed by atoms with Crippen LogP contribution in [-0.4, -0.2) is 36.9 Å². The number of amides is 2. The second-order valence-corrected chi connectivity index (χ2v) is 9.12. The number of benzene rings is 3. The second kappa shape index (κ2) is 10.1. The summed E-state index contributed by atoms with van der Waals surface area (Å²) in [5.41, 5.74) is 1.76. The Morgan fingerprint density at radius 2 is 1.73 bits per heavy atom. The molecule has 5 nitrogen and oxygen atoms in total. The fourth-order valence-corrected chi connectivity index (χ4v) is 4.68. The van der Waals surface area contributed by atoms with E-state index < -0.39 is 0 Å². The third-order valence-electron chi connectivity index (χ3n) is 6.54. The molecule has 0 bridgehead atoms. The standard InChI is InChI=1S/C28H32N2O3/c1-19(2)26(21-13-15-23(33-3)16-14-21)29-27(31)22-10-7-17-30(18-22)28(32)25-12-6-9-20-8-4-5-11-24(20)25/h4-6,8-9,11-16,19,22,26H,7,10,17-18H2,1-3H3,(H,29,31). The zero-order chi connectivity index (χ0) is 23.4. The van der Waals surface area contributed by atoms with Crippen LogP contribution in [0.15, 0.2) is 66.7 Å². The number of nitrogens with one attached hydrogen (secondary N) is 1. The number of hydrogen-bond acceptors (Lipinski definition) is 3. The number of nitrogens with zero attached hydrogens (tertiary/aromatic N) is 1. The summed E-state index contributed by atoms with van der Waals surface area (Å²) in [4.78, 5) is 28.5. The summed E-state index contributed by atoms with van der Waals surface area (Å²) >= 11 is 0. The van der Waals surface area contributed by atoms with Crippen molar-refractivity contribution in [2.75, 3.05) is 20.2 Å². The predicted octanol–water partition coefficient (Wildman–Crippen LogP) is 5.21. The molecule has 0 spiro atoms. The van der Waals surface area contributed by atoms with Crippen molar-refractivity contribution >= 4 is 22.6 Å². The van der Waals surface area contributed by atoms with E-state index in [4.69, 9.17) is 4.74 Å². The maximum atomic E-state index is 13.4. The van der Waals surface area contributed by atoms with Gasteiger partial charge in [-0.3, -0.25) is 9.59 Å². The van der Waals surface area contributed by atoms with Gasteiger partial charge in [-0.25, -0.2) is 0 Å². The number of carbonyl (C=O) groups excluding carboxylic acids is 2. The minimum absolute atomic E-state index is 0.000126. The maximum Gasteiger partial charge on any atom is 0.254 e. The van der Waals surface area contributed by atoms with Crippen molar-refractivity contribution in [1.29, 1.82) is 0 Å². The first kappa shape index (κ1) is 22.8. The molecule has 33 heavy (non-hydrogen) atoms. The first-order chi connectivity index (χ1) is 16.0. The Hall–Kier alpha value is -3.34. The first-order valence-electron chi connectivity index (χ1n) is 11.7. The number of methoxy groups -OCH3 is 1. The zero-order valence-electron chi connectivity index (χ0n) is 19.6. The summed E-state index contributed by atoms with van der Waals surface area (Å²) < 4.78 is 5.26. The third kappa shape index (κ3) is 5.03. The quantitative estimate of drug-likeness (QED) is 0.567.